The van der Waals surface area contributed by atoms with Crippen molar-refractivity contribution in [3.8, 4) is 0 Å². The summed E-state index contributed by atoms with van der Waals surface area (Å²) < 4.78 is 1.83. The van der Waals surface area contributed by atoms with Crippen molar-refractivity contribution in [2.45, 2.75) is 40.3 Å². The molecule has 1 N–H and O–H groups in total. The number of hydrogen-bond acceptors (Lipinski definition) is 2. The SMILES string of the molecule is Cc1cc(C)c2c(=O)ccn(CC(=O)NC(C)C)c2c1. The van der Waals surface area contributed by atoms with E-state index in [-0.39, 0.29) is 23.9 Å². The van der Waals surface area contributed by atoms with Crippen molar-refractivity contribution < 1.29 is 4.79 Å². The predicted octanol–water partition coefficient (Wildman–Crippen LogP) is 2.14. The molecule has 0 aliphatic rings. The van der Waals surface area contributed by atoms with Gasteiger partial charge >= 0.3 is 0 Å². The molecule has 2 rings (SSSR count). The van der Waals surface area contributed by atoms with E-state index in [2.05, 4.69) is 5.32 Å². The molecule has 0 unspecified atom stereocenters. The summed E-state index contributed by atoms with van der Waals surface area (Å²) >= 11 is 0. The Hall–Kier alpha value is -2.10. The Morgan fingerprint density at radius 2 is 2.00 bits per heavy atom. The summed E-state index contributed by atoms with van der Waals surface area (Å²) in [4.78, 5) is 23.9. The number of pyridine rings is 1. The molecule has 0 atom stereocenters. The molecule has 2 aromatic rings. The second-order valence-corrected chi connectivity index (χ2v) is 5.51. The van der Waals surface area contributed by atoms with Crippen LogP contribution < -0.4 is 10.7 Å². The first-order chi connectivity index (χ1) is 9.38. The number of rotatable bonds is 3. The van der Waals surface area contributed by atoms with Gasteiger partial charge in [-0.15, -0.1) is 0 Å². The Balaban J connectivity index is 2.52. The first-order valence-electron chi connectivity index (χ1n) is 6.78. The van der Waals surface area contributed by atoms with Gasteiger partial charge in [0, 0.05) is 23.7 Å². The lowest BCUT2D eigenvalue weighted by Gasteiger charge is -2.14. The van der Waals surface area contributed by atoms with Crippen molar-refractivity contribution in [3.05, 3.63) is 45.7 Å². The van der Waals surface area contributed by atoms with E-state index in [1.165, 1.54) is 6.07 Å². The summed E-state index contributed by atoms with van der Waals surface area (Å²) in [5.41, 5.74) is 2.84. The standard InChI is InChI=1S/C16H20N2O2/c1-10(2)17-15(20)9-18-6-5-14(19)16-12(4)7-11(3)8-13(16)18/h5-8,10H,9H2,1-4H3,(H,17,20). The lowest BCUT2D eigenvalue weighted by Crippen LogP contribution is -2.33. The number of amides is 1. The van der Waals surface area contributed by atoms with Crippen LogP contribution in [-0.2, 0) is 11.3 Å². The Kier molecular flexibility index (Phi) is 3.93. The van der Waals surface area contributed by atoms with Gasteiger partial charge in [-0.25, -0.2) is 0 Å². The van der Waals surface area contributed by atoms with Crippen LogP contribution in [0.4, 0.5) is 0 Å². The number of carbonyl (C=O) groups is 1. The Morgan fingerprint density at radius 3 is 2.65 bits per heavy atom. The number of fused-ring (bicyclic) bond motifs is 1. The molecule has 4 nitrogen and oxygen atoms in total. The van der Waals surface area contributed by atoms with Crippen LogP contribution in [0.2, 0.25) is 0 Å². The van der Waals surface area contributed by atoms with E-state index in [1.54, 1.807) is 6.20 Å². The van der Waals surface area contributed by atoms with Gasteiger partial charge in [-0.1, -0.05) is 6.07 Å². The molecule has 0 fully saturated rings. The summed E-state index contributed by atoms with van der Waals surface area (Å²) in [7, 11) is 0. The number of nitrogens with zero attached hydrogens (tertiary/aromatic N) is 1. The van der Waals surface area contributed by atoms with Crippen LogP contribution in [-0.4, -0.2) is 16.5 Å². The normalized spacial score (nSPS) is 11.1. The fourth-order valence-corrected chi connectivity index (χ4v) is 2.47. The van der Waals surface area contributed by atoms with Crippen molar-refractivity contribution in [2.75, 3.05) is 0 Å². The monoisotopic (exact) mass is 272 g/mol. The number of aromatic nitrogens is 1. The van der Waals surface area contributed by atoms with Crippen LogP contribution in [0.3, 0.4) is 0 Å². The molecule has 1 aromatic carbocycles. The molecule has 0 saturated heterocycles. The Bertz CT molecular complexity index is 714. The van der Waals surface area contributed by atoms with E-state index in [1.807, 2.05) is 44.4 Å². The van der Waals surface area contributed by atoms with Crippen molar-refractivity contribution in [1.29, 1.82) is 0 Å². The lowest BCUT2D eigenvalue weighted by molar-refractivity contribution is -0.122. The van der Waals surface area contributed by atoms with Gasteiger partial charge in [-0.2, -0.15) is 0 Å². The van der Waals surface area contributed by atoms with Crippen LogP contribution in [0.25, 0.3) is 10.9 Å². The number of aryl methyl sites for hydroxylation is 2. The fraction of sp³-hybridized carbons (Fsp3) is 0.375. The first kappa shape index (κ1) is 14.3. The predicted molar refractivity (Wildman–Crippen MR) is 81.0 cm³/mol. The highest BCUT2D eigenvalue weighted by Gasteiger charge is 2.10. The summed E-state index contributed by atoms with van der Waals surface area (Å²) in [6, 6.07) is 5.57. The van der Waals surface area contributed by atoms with Crippen molar-refractivity contribution in [2.24, 2.45) is 0 Å². The molecule has 0 radical (unpaired) electrons. The van der Waals surface area contributed by atoms with Gasteiger partial charge < -0.3 is 9.88 Å². The minimum absolute atomic E-state index is 0.00184. The van der Waals surface area contributed by atoms with Gasteiger partial charge in [-0.05, 0) is 44.9 Å². The van der Waals surface area contributed by atoms with E-state index in [0.717, 1.165) is 16.6 Å². The van der Waals surface area contributed by atoms with Crippen LogP contribution in [0, 0.1) is 13.8 Å². The molecule has 0 bridgehead atoms. The lowest BCUT2D eigenvalue weighted by atomic mass is 10.1. The zero-order valence-electron chi connectivity index (χ0n) is 12.4. The molecule has 0 aliphatic heterocycles. The van der Waals surface area contributed by atoms with Gasteiger partial charge in [0.2, 0.25) is 5.91 Å². The zero-order chi connectivity index (χ0) is 14.9. The number of carbonyl (C=O) groups excluding carboxylic acids is 1. The molecule has 1 heterocycles. The minimum Gasteiger partial charge on any atom is -0.352 e. The smallest absolute Gasteiger partial charge is 0.240 e. The Labute approximate surface area is 118 Å². The highest BCUT2D eigenvalue weighted by Crippen LogP contribution is 2.17. The molecule has 0 aliphatic carbocycles. The number of hydrogen-bond donors (Lipinski definition) is 1. The quantitative estimate of drug-likeness (QED) is 0.930. The molecule has 0 spiro atoms. The van der Waals surface area contributed by atoms with E-state index in [9.17, 15) is 9.59 Å². The second-order valence-electron chi connectivity index (χ2n) is 5.51. The highest BCUT2D eigenvalue weighted by atomic mass is 16.2. The maximum atomic E-state index is 12.0. The maximum absolute atomic E-state index is 12.0. The van der Waals surface area contributed by atoms with Gasteiger partial charge in [0.25, 0.3) is 0 Å². The molecular weight excluding hydrogens is 252 g/mol. The molecule has 20 heavy (non-hydrogen) atoms. The van der Waals surface area contributed by atoms with Crippen LogP contribution in [0.5, 0.6) is 0 Å². The fourth-order valence-electron chi connectivity index (χ4n) is 2.47. The topological polar surface area (TPSA) is 51.1 Å². The van der Waals surface area contributed by atoms with Gasteiger partial charge in [0.1, 0.15) is 6.54 Å². The largest absolute Gasteiger partial charge is 0.352 e. The van der Waals surface area contributed by atoms with Crippen molar-refractivity contribution in [3.63, 3.8) is 0 Å². The van der Waals surface area contributed by atoms with Crippen molar-refractivity contribution in [1.82, 2.24) is 9.88 Å². The summed E-state index contributed by atoms with van der Waals surface area (Å²) in [5.74, 6) is -0.0518. The first-order valence-corrected chi connectivity index (χ1v) is 6.78. The molecule has 106 valence electrons. The summed E-state index contributed by atoms with van der Waals surface area (Å²) in [6.07, 6.45) is 1.68. The third-order valence-electron chi connectivity index (χ3n) is 3.18. The third-order valence-corrected chi connectivity index (χ3v) is 3.18. The molecule has 1 amide bonds. The van der Waals surface area contributed by atoms with Crippen LogP contribution in [0.15, 0.2) is 29.2 Å². The van der Waals surface area contributed by atoms with Gasteiger partial charge in [-0.3, -0.25) is 9.59 Å². The van der Waals surface area contributed by atoms with E-state index >= 15 is 0 Å². The second kappa shape index (κ2) is 5.49. The molecule has 0 saturated carbocycles. The average Bonchev–Trinajstić information content (AvgIpc) is 2.31. The highest BCUT2D eigenvalue weighted by molar-refractivity contribution is 5.85. The minimum atomic E-state index is -0.0518. The van der Waals surface area contributed by atoms with Gasteiger partial charge in [0.05, 0.1) is 5.52 Å². The summed E-state index contributed by atoms with van der Waals surface area (Å²) in [6.45, 7) is 7.99. The van der Waals surface area contributed by atoms with E-state index < -0.39 is 0 Å². The van der Waals surface area contributed by atoms with Crippen LogP contribution in [0.1, 0.15) is 25.0 Å². The summed E-state index contributed by atoms with van der Waals surface area (Å²) in [5, 5.41) is 3.55. The van der Waals surface area contributed by atoms with Crippen LogP contribution >= 0.6 is 0 Å². The molecule has 1 aromatic heterocycles. The molecular formula is C16H20N2O2. The average molecular weight is 272 g/mol. The Morgan fingerprint density at radius 1 is 1.30 bits per heavy atom. The van der Waals surface area contributed by atoms with Gasteiger partial charge in [0.15, 0.2) is 5.43 Å². The number of benzene rings is 1. The third kappa shape index (κ3) is 2.90. The molecule has 4 heteroatoms. The number of nitrogens with one attached hydrogen (secondary N) is 1. The van der Waals surface area contributed by atoms with E-state index in [4.69, 9.17) is 0 Å². The van der Waals surface area contributed by atoms with Crippen molar-refractivity contribution >= 4 is 16.8 Å². The van der Waals surface area contributed by atoms with E-state index in [0.29, 0.717) is 5.39 Å². The zero-order valence-corrected chi connectivity index (χ0v) is 12.4. The maximum Gasteiger partial charge on any atom is 0.240 e.